The van der Waals surface area contributed by atoms with Crippen LogP contribution in [-0.4, -0.2) is 20.8 Å². The van der Waals surface area contributed by atoms with Crippen LogP contribution in [-0.2, 0) is 7.05 Å². The highest BCUT2D eigenvalue weighted by molar-refractivity contribution is 9.10. The Labute approximate surface area is 114 Å². The number of nitrogens with zero attached hydrogens (tertiary/aromatic N) is 3. The van der Waals surface area contributed by atoms with Crippen molar-refractivity contribution in [1.82, 2.24) is 15.0 Å². The van der Waals surface area contributed by atoms with Gasteiger partial charge in [-0.3, -0.25) is 4.79 Å². The van der Waals surface area contributed by atoms with E-state index in [1.165, 1.54) is 4.68 Å². The van der Waals surface area contributed by atoms with Crippen LogP contribution in [0.5, 0.6) is 0 Å². The molecule has 2 rings (SSSR count). The number of hydrogen-bond acceptors (Lipinski definition) is 3. The number of aromatic nitrogens is 3. The van der Waals surface area contributed by atoms with Crippen molar-refractivity contribution in [3.63, 3.8) is 0 Å². The van der Waals surface area contributed by atoms with Crippen LogP contribution in [0.4, 0.5) is 0 Å². The van der Waals surface area contributed by atoms with Crippen molar-refractivity contribution < 1.29 is 4.79 Å². The smallest absolute Gasteiger partial charge is 0.214 e. The molecule has 0 spiro atoms. The van der Waals surface area contributed by atoms with E-state index in [1.807, 2.05) is 32.9 Å². The Kier molecular flexibility index (Phi) is 3.34. The fourth-order valence-electron chi connectivity index (χ4n) is 2.23. The lowest BCUT2D eigenvalue weighted by molar-refractivity contribution is 0.102. The summed E-state index contributed by atoms with van der Waals surface area (Å²) in [6, 6.07) is 4.02. The van der Waals surface area contributed by atoms with Gasteiger partial charge in [-0.05, 0) is 47.8 Å². The number of halogens is 1. The average Bonchev–Trinajstić information content (AvgIpc) is 2.56. The van der Waals surface area contributed by atoms with Gasteiger partial charge in [0.05, 0.1) is 0 Å². The van der Waals surface area contributed by atoms with Crippen molar-refractivity contribution in [3.8, 4) is 0 Å². The Bertz CT molecular complexity index is 589. The fraction of sp³-hybridized carbons (Fsp3) is 0.308. The van der Waals surface area contributed by atoms with Crippen LogP contribution in [0, 0.1) is 20.8 Å². The minimum atomic E-state index is -0.0515. The zero-order valence-corrected chi connectivity index (χ0v) is 12.4. The first-order valence-electron chi connectivity index (χ1n) is 5.59. The van der Waals surface area contributed by atoms with Gasteiger partial charge < -0.3 is 0 Å². The molecule has 0 N–H and O–H groups in total. The van der Waals surface area contributed by atoms with Crippen molar-refractivity contribution in [2.45, 2.75) is 20.8 Å². The molecular formula is C13H14BrN3O. The summed E-state index contributed by atoms with van der Waals surface area (Å²) in [7, 11) is 1.71. The zero-order chi connectivity index (χ0) is 13.4. The highest BCUT2D eigenvalue weighted by Gasteiger charge is 2.21. The third-order valence-electron chi connectivity index (χ3n) is 2.90. The molecule has 1 heterocycles. The molecule has 0 fully saturated rings. The average molecular weight is 308 g/mol. The number of rotatable bonds is 2. The fourth-order valence-corrected chi connectivity index (χ4v) is 2.74. The van der Waals surface area contributed by atoms with Crippen LogP contribution in [0.3, 0.4) is 0 Å². The third kappa shape index (κ3) is 2.10. The number of benzene rings is 1. The second-order valence-corrected chi connectivity index (χ2v) is 5.21. The van der Waals surface area contributed by atoms with Crippen molar-refractivity contribution in [3.05, 3.63) is 44.7 Å². The molecule has 0 aliphatic heterocycles. The Morgan fingerprint density at radius 2 is 1.78 bits per heavy atom. The number of carbonyl (C=O) groups excluding carboxylic acids is 1. The molecular weight excluding hydrogens is 294 g/mol. The van der Waals surface area contributed by atoms with Crippen LogP contribution in [0.25, 0.3) is 0 Å². The highest BCUT2D eigenvalue weighted by atomic mass is 79.9. The van der Waals surface area contributed by atoms with Crippen LogP contribution in [0.1, 0.15) is 32.7 Å². The van der Waals surface area contributed by atoms with Gasteiger partial charge in [0, 0.05) is 12.6 Å². The second kappa shape index (κ2) is 4.65. The monoisotopic (exact) mass is 307 g/mol. The summed E-state index contributed by atoms with van der Waals surface area (Å²) < 4.78 is 1.97. The normalized spacial score (nSPS) is 10.7. The number of hydrogen-bond donors (Lipinski definition) is 0. The molecule has 1 aromatic heterocycles. The molecule has 0 aliphatic rings. The first kappa shape index (κ1) is 13.0. The zero-order valence-electron chi connectivity index (χ0n) is 10.8. The molecule has 0 saturated heterocycles. The minimum absolute atomic E-state index is 0.0515. The van der Waals surface area contributed by atoms with Crippen molar-refractivity contribution >= 4 is 21.7 Å². The van der Waals surface area contributed by atoms with E-state index in [2.05, 4.69) is 26.2 Å². The Morgan fingerprint density at radius 3 is 2.22 bits per heavy atom. The van der Waals surface area contributed by atoms with Gasteiger partial charge in [0.2, 0.25) is 5.78 Å². The van der Waals surface area contributed by atoms with Crippen molar-refractivity contribution in [2.75, 3.05) is 0 Å². The minimum Gasteiger partial charge on any atom is -0.287 e. The van der Waals surface area contributed by atoms with E-state index in [4.69, 9.17) is 0 Å². The summed E-state index contributed by atoms with van der Waals surface area (Å²) in [6.07, 6.45) is 0. The van der Waals surface area contributed by atoms with Gasteiger partial charge in [0.15, 0.2) is 4.60 Å². The van der Waals surface area contributed by atoms with E-state index in [9.17, 15) is 4.79 Å². The van der Waals surface area contributed by atoms with Gasteiger partial charge in [-0.15, -0.1) is 5.10 Å². The van der Waals surface area contributed by atoms with Gasteiger partial charge in [-0.1, -0.05) is 22.9 Å². The van der Waals surface area contributed by atoms with Gasteiger partial charge in [0.25, 0.3) is 0 Å². The Balaban J connectivity index is 2.60. The standard InChI is InChI=1S/C13H14BrN3O/c1-7-5-8(2)10(9(3)6-7)12(18)11-13(14)15-16-17(11)4/h5-6H,1-4H3. The van der Waals surface area contributed by atoms with E-state index in [0.717, 1.165) is 22.3 Å². The first-order chi connectivity index (χ1) is 8.41. The highest BCUT2D eigenvalue weighted by Crippen LogP contribution is 2.22. The molecule has 0 saturated carbocycles. The molecule has 0 atom stereocenters. The second-order valence-electron chi connectivity index (χ2n) is 4.46. The van der Waals surface area contributed by atoms with Crippen LogP contribution in [0.2, 0.25) is 0 Å². The predicted molar refractivity (Wildman–Crippen MR) is 72.8 cm³/mol. The molecule has 5 heteroatoms. The molecule has 0 amide bonds. The lowest BCUT2D eigenvalue weighted by Crippen LogP contribution is -2.12. The van der Waals surface area contributed by atoms with Gasteiger partial charge in [-0.25, -0.2) is 4.68 Å². The molecule has 18 heavy (non-hydrogen) atoms. The largest absolute Gasteiger partial charge is 0.287 e. The van der Waals surface area contributed by atoms with E-state index in [-0.39, 0.29) is 5.78 Å². The molecule has 0 unspecified atom stereocenters. The summed E-state index contributed by atoms with van der Waals surface area (Å²) in [4.78, 5) is 12.6. The van der Waals surface area contributed by atoms with E-state index < -0.39 is 0 Å². The van der Waals surface area contributed by atoms with E-state index >= 15 is 0 Å². The molecule has 94 valence electrons. The number of carbonyl (C=O) groups is 1. The first-order valence-corrected chi connectivity index (χ1v) is 6.39. The SMILES string of the molecule is Cc1cc(C)c(C(=O)c2c(Br)nnn2C)c(C)c1. The molecule has 0 radical (unpaired) electrons. The van der Waals surface area contributed by atoms with Gasteiger partial charge in [-0.2, -0.15) is 0 Å². The summed E-state index contributed by atoms with van der Waals surface area (Å²) >= 11 is 3.26. The quantitative estimate of drug-likeness (QED) is 0.802. The number of ketones is 1. The maximum Gasteiger partial charge on any atom is 0.214 e. The maximum atomic E-state index is 12.6. The molecule has 0 bridgehead atoms. The van der Waals surface area contributed by atoms with Crippen LogP contribution < -0.4 is 0 Å². The lowest BCUT2D eigenvalue weighted by atomic mass is 9.95. The maximum absolute atomic E-state index is 12.6. The summed E-state index contributed by atoms with van der Waals surface area (Å²) in [5.74, 6) is -0.0515. The Morgan fingerprint density at radius 1 is 1.22 bits per heavy atom. The summed E-state index contributed by atoms with van der Waals surface area (Å²) in [5.41, 5.74) is 4.32. The molecule has 1 aromatic carbocycles. The number of aryl methyl sites for hydroxylation is 4. The van der Waals surface area contributed by atoms with Crippen LogP contribution >= 0.6 is 15.9 Å². The van der Waals surface area contributed by atoms with Crippen molar-refractivity contribution in [2.24, 2.45) is 7.05 Å². The molecule has 4 nitrogen and oxygen atoms in total. The molecule has 0 aliphatic carbocycles. The topological polar surface area (TPSA) is 47.8 Å². The van der Waals surface area contributed by atoms with E-state index in [0.29, 0.717) is 10.3 Å². The predicted octanol–water partition coefficient (Wildman–Crippen LogP) is 2.73. The van der Waals surface area contributed by atoms with Gasteiger partial charge in [0.1, 0.15) is 5.69 Å². The molecule has 2 aromatic rings. The van der Waals surface area contributed by atoms with Crippen LogP contribution in [0.15, 0.2) is 16.7 Å². The summed E-state index contributed by atoms with van der Waals surface area (Å²) in [5, 5.41) is 7.69. The third-order valence-corrected chi connectivity index (χ3v) is 3.44. The lowest BCUT2D eigenvalue weighted by Gasteiger charge is -2.10. The summed E-state index contributed by atoms with van der Waals surface area (Å²) in [6.45, 7) is 5.92. The Hall–Kier alpha value is -1.49. The van der Waals surface area contributed by atoms with E-state index in [1.54, 1.807) is 7.05 Å². The van der Waals surface area contributed by atoms with Gasteiger partial charge >= 0.3 is 0 Å². The van der Waals surface area contributed by atoms with Crippen molar-refractivity contribution in [1.29, 1.82) is 0 Å².